The van der Waals surface area contributed by atoms with E-state index in [2.05, 4.69) is 35.4 Å². The van der Waals surface area contributed by atoms with E-state index in [9.17, 15) is 4.39 Å². The van der Waals surface area contributed by atoms with E-state index in [0.29, 0.717) is 6.54 Å². The summed E-state index contributed by atoms with van der Waals surface area (Å²) >= 11 is 0. The number of aromatic nitrogens is 1. The van der Waals surface area contributed by atoms with E-state index >= 15 is 0 Å². The first kappa shape index (κ1) is 13.8. The third-order valence-corrected chi connectivity index (χ3v) is 3.80. The predicted octanol–water partition coefficient (Wildman–Crippen LogP) is 3.95. The summed E-state index contributed by atoms with van der Waals surface area (Å²) in [4.78, 5) is 3.42. The van der Waals surface area contributed by atoms with Crippen molar-refractivity contribution in [3.8, 4) is 0 Å². The zero-order valence-electron chi connectivity index (χ0n) is 12.1. The molecule has 0 unspecified atom stereocenters. The summed E-state index contributed by atoms with van der Waals surface area (Å²) < 4.78 is 13.1. The minimum absolute atomic E-state index is 0.179. The lowest BCUT2D eigenvalue weighted by molar-refractivity contribution is 0.620. The molecule has 0 amide bonds. The summed E-state index contributed by atoms with van der Waals surface area (Å²) in [5, 5.41) is 4.67. The lowest BCUT2D eigenvalue weighted by atomic mass is 10.1. The third-order valence-electron chi connectivity index (χ3n) is 3.80. The Balaban J connectivity index is 1.61. The molecule has 0 saturated carbocycles. The molecule has 108 valence electrons. The summed E-state index contributed by atoms with van der Waals surface area (Å²) in [7, 11) is 0. The lowest BCUT2D eigenvalue weighted by Crippen LogP contribution is -2.17. The van der Waals surface area contributed by atoms with Crippen molar-refractivity contribution < 1.29 is 4.39 Å². The Morgan fingerprint density at radius 3 is 2.81 bits per heavy atom. The monoisotopic (exact) mass is 282 g/mol. The van der Waals surface area contributed by atoms with Crippen LogP contribution in [0.25, 0.3) is 10.9 Å². The summed E-state index contributed by atoms with van der Waals surface area (Å²) in [5.74, 6) is -0.179. The fourth-order valence-corrected chi connectivity index (χ4v) is 2.75. The minimum atomic E-state index is -0.179. The number of aryl methyl sites for hydroxylation is 1. The Bertz CT molecular complexity index is 746. The van der Waals surface area contributed by atoms with Crippen LogP contribution >= 0.6 is 0 Å². The first-order valence-electron chi connectivity index (χ1n) is 7.25. The topological polar surface area (TPSA) is 27.8 Å². The quantitative estimate of drug-likeness (QED) is 0.681. The molecule has 0 fully saturated rings. The lowest BCUT2D eigenvalue weighted by Gasteiger charge is -2.06. The second-order valence-electron chi connectivity index (χ2n) is 5.33. The molecular formula is C18H19FN2. The number of hydrogen-bond acceptors (Lipinski definition) is 1. The van der Waals surface area contributed by atoms with Crippen molar-refractivity contribution in [3.63, 3.8) is 0 Å². The Labute approximate surface area is 124 Å². The van der Waals surface area contributed by atoms with Gasteiger partial charge in [0.15, 0.2) is 0 Å². The Kier molecular flexibility index (Phi) is 4.02. The van der Waals surface area contributed by atoms with Crippen molar-refractivity contribution in [1.82, 2.24) is 10.3 Å². The molecule has 0 aliphatic heterocycles. The van der Waals surface area contributed by atoms with Crippen LogP contribution in [0.1, 0.15) is 16.8 Å². The molecule has 0 aliphatic carbocycles. The molecule has 21 heavy (non-hydrogen) atoms. The molecule has 0 spiro atoms. The number of halogens is 1. The van der Waals surface area contributed by atoms with Crippen molar-refractivity contribution in [2.75, 3.05) is 6.54 Å². The molecule has 0 bridgehead atoms. The van der Waals surface area contributed by atoms with Crippen LogP contribution in [0.3, 0.4) is 0 Å². The van der Waals surface area contributed by atoms with Gasteiger partial charge in [-0.15, -0.1) is 0 Å². The molecule has 0 aliphatic rings. The average Bonchev–Trinajstić information content (AvgIpc) is 2.79. The van der Waals surface area contributed by atoms with Gasteiger partial charge in [0.1, 0.15) is 5.82 Å². The fraction of sp³-hybridized carbons (Fsp3) is 0.222. The summed E-state index contributed by atoms with van der Waals surface area (Å²) in [6, 6.07) is 15.1. The third kappa shape index (κ3) is 3.14. The smallest absolute Gasteiger partial charge is 0.123 e. The number of benzene rings is 2. The molecule has 0 radical (unpaired) electrons. The van der Waals surface area contributed by atoms with Crippen LogP contribution in [-0.4, -0.2) is 11.5 Å². The highest BCUT2D eigenvalue weighted by atomic mass is 19.1. The second kappa shape index (κ2) is 6.10. The summed E-state index contributed by atoms with van der Waals surface area (Å²) in [6.45, 7) is 3.68. The van der Waals surface area contributed by atoms with Gasteiger partial charge in [-0.2, -0.15) is 0 Å². The van der Waals surface area contributed by atoms with E-state index in [1.165, 1.54) is 28.2 Å². The molecule has 1 heterocycles. The minimum Gasteiger partial charge on any atom is -0.358 e. The molecule has 2 aromatic carbocycles. The maximum absolute atomic E-state index is 13.1. The number of hydrogen-bond donors (Lipinski definition) is 2. The Morgan fingerprint density at radius 1 is 1.10 bits per heavy atom. The van der Waals surface area contributed by atoms with E-state index in [1.807, 2.05) is 12.1 Å². The van der Waals surface area contributed by atoms with Gasteiger partial charge in [0.25, 0.3) is 0 Å². The number of para-hydroxylation sites is 1. The van der Waals surface area contributed by atoms with Crippen molar-refractivity contribution >= 4 is 10.9 Å². The van der Waals surface area contributed by atoms with Crippen LogP contribution < -0.4 is 5.32 Å². The maximum atomic E-state index is 13.1. The van der Waals surface area contributed by atoms with Crippen molar-refractivity contribution in [2.45, 2.75) is 19.9 Å². The van der Waals surface area contributed by atoms with E-state index in [0.717, 1.165) is 18.5 Å². The highest BCUT2D eigenvalue weighted by Crippen LogP contribution is 2.21. The molecule has 0 atom stereocenters. The molecule has 0 saturated heterocycles. The summed E-state index contributed by atoms with van der Waals surface area (Å²) in [6.07, 6.45) is 0.963. The number of nitrogens with one attached hydrogen (secondary N) is 2. The zero-order chi connectivity index (χ0) is 14.7. The molecule has 3 aromatic rings. The van der Waals surface area contributed by atoms with Crippen molar-refractivity contribution in [2.24, 2.45) is 0 Å². The predicted molar refractivity (Wildman–Crippen MR) is 84.8 cm³/mol. The standard InChI is InChI=1S/C18H19FN2/c1-13-16(17-7-2-3-8-18(17)21-13)9-10-20-12-14-5-4-6-15(19)11-14/h2-8,11,20-21H,9-10,12H2,1H3. The van der Waals surface area contributed by atoms with Crippen LogP contribution in [0, 0.1) is 12.7 Å². The van der Waals surface area contributed by atoms with E-state index < -0.39 is 0 Å². The number of H-pyrrole nitrogens is 1. The highest BCUT2D eigenvalue weighted by Gasteiger charge is 2.07. The largest absolute Gasteiger partial charge is 0.358 e. The zero-order valence-corrected chi connectivity index (χ0v) is 12.1. The van der Waals surface area contributed by atoms with Gasteiger partial charge < -0.3 is 10.3 Å². The summed E-state index contributed by atoms with van der Waals surface area (Å²) in [5.41, 5.74) is 4.75. The molecule has 1 aromatic heterocycles. The van der Waals surface area contributed by atoms with Crippen LogP contribution in [0.15, 0.2) is 48.5 Å². The molecule has 3 rings (SSSR count). The van der Waals surface area contributed by atoms with Crippen LogP contribution in [0.5, 0.6) is 0 Å². The van der Waals surface area contributed by atoms with Gasteiger partial charge in [0.2, 0.25) is 0 Å². The fourth-order valence-electron chi connectivity index (χ4n) is 2.75. The van der Waals surface area contributed by atoms with Gasteiger partial charge in [0, 0.05) is 23.1 Å². The van der Waals surface area contributed by atoms with Crippen molar-refractivity contribution in [1.29, 1.82) is 0 Å². The van der Waals surface area contributed by atoms with Gasteiger partial charge in [-0.3, -0.25) is 0 Å². The first-order valence-corrected chi connectivity index (χ1v) is 7.25. The van der Waals surface area contributed by atoms with Gasteiger partial charge in [-0.25, -0.2) is 4.39 Å². The van der Waals surface area contributed by atoms with Crippen LogP contribution in [-0.2, 0) is 13.0 Å². The Morgan fingerprint density at radius 2 is 1.95 bits per heavy atom. The molecule has 2 N–H and O–H groups in total. The van der Waals surface area contributed by atoms with Crippen molar-refractivity contribution in [3.05, 3.63) is 71.2 Å². The second-order valence-corrected chi connectivity index (χ2v) is 5.33. The first-order chi connectivity index (χ1) is 10.2. The maximum Gasteiger partial charge on any atom is 0.123 e. The Hall–Kier alpha value is -2.13. The van der Waals surface area contributed by atoms with Crippen LogP contribution in [0.4, 0.5) is 4.39 Å². The number of rotatable bonds is 5. The average molecular weight is 282 g/mol. The van der Waals surface area contributed by atoms with Gasteiger partial charge in [-0.05, 0) is 49.2 Å². The number of fused-ring (bicyclic) bond motifs is 1. The normalized spacial score (nSPS) is 11.1. The van der Waals surface area contributed by atoms with Gasteiger partial charge >= 0.3 is 0 Å². The molecule has 2 nitrogen and oxygen atoms in total. The van der Waals surface area contributed by atoms with E-state index in [4.69, 9.17) is 0 Å². The number of aromatic amines is 1. The van der Waals surface area contributed by atoms with Gasteiger partial charge in [0.05, 0.1) is 0 Å². The molecular weight excluding hydrogens is 263 g/mol. The van der Waals surface area contributed by atoms with Crippen LogP contribution in [0.2, 0.25) is 0 Å². The van der Waals surface area contributed by atoms with E-state index in [1.54, 1.807) is 12.1 Å². The molecule has 3 heteroatoms. The highest BCUT2D eigenvalue weighted by molar-refractivity contribution is 5.84. The SMILES string of the molecule is Cc1[nH]c2ccccc2c1CCNCc1cccc(F)c1. The van der Waals surface area contributed by atoms with Gasteiger partial charge in [-0.1, -0.05) is 30.3 Å². The van der Waals surface area contributed by atoms with E-state index in [-0.39, 0.29) is 5.82 Å².